The Bertz CT molecular complexity index is 1410. The number of benzene rings is 2. The second-order valence-electron chi connectivity index (χ2n) is 6.79. The van der Waals surface area contributed by atoms with E-state index >= 15 is 0 Å². The van der Waals surface area contributed by atoms with Crippen LogP contribution in [0.3, 0.4) is 0 Å². The molecule has 5 aromatic rings. The molecule has 0 aliphatic heterocycles. The number of halogens is 1. The van der Waals surface area contributed by atoms with E-state index in [4.69, 9.17) is 0 Å². The first-order chi connectivity index (χ1) is 15.2. The third-order valence-corrected chi connectivity index (χ3v) is 6.60. The Balaban J connectivity index is 1.50. The van der Waals surface area contributed by atoms with Crippen molar-refractivity contribution in [2.45, 2.75) is 17.5 Å². The van der Waals surface area contributed by atoms with Crippen LogP contribution in [0.15, 0.2) is 76.0 Å². The molecule has 0 saturated carbocycles. The van der Waals surface area contributed by atoms with Crippen LogP contribution >= 0.6 is 23.1 Å². The standard InChI is InChI=1S/C22H16FN5OS2/c23-16-9-5-4-8-15(16)20-26-27-22(28(20)12-14-6-2-1-3-7-14)31-13-18-24-17-10-11-30-19(17)21(29)25-18/h1-11H,12-13H2,(H,24,25,29). The number of H-pyrrole nitrogens is 1. The zero-order valence-electron chi connectivity index (χ0n) is 16.2. The maximum Gasteiger partial charge on any atom is 0.268 e. The summed E-state index contributed by atoms with van der Waals surface area (Å²) < 4.78 is 17.0. The van der Waals surface area contributed by atoms with Gasteiger partial charge in [-0.3, -0.25) is 9.36 Å². The van der Waals surface area contributed by atoms with Crippen molar-refractivity contribution in [1.29, 1.82) is 0 Å². The highest BCUT2D eigenvalue weighted by molar-refractivity contribution is 7.98. The van der Waals surface area contributed by atoms with Crippen molar-refractivity contribution < 1.29 is 4.39 Å². The molecule has 0 saturated heterocycles. The Morgan fingerprint density at radius 3 is 2.68 bits per heavy atom. The molecular weight excluding hydrogens is 433 g/mol. The van der Waals surface area contributed by atoms with Gasteiger partial charge in [-0.25, -0.2) is 9.37 Å². The molecular formula is C22H16FN5OS2. The van der Waals surface area contributed by atoms with Crippen LogP contribution in [0, 0.1) is 5.82 Å². The average molecular weight is 450 g/mol. The molecule has 0 fully saturated rings. The summed E-state index contributed by atoms with van der Waals surface area (Å²) in [6.45, 7) is 0.493. The topological polar surface area (TPSA) is 76.5 Å². The number of hydrogen-bond donors (Lipinski definition) is 1. The Labute approximate surface area is 184 Å². The van der Waals surface area contributed by atoms with Crippen LogP contribution in [-0.4, -0.2) is 24.7 Å². The highest BCUT2D eigenvalue weighted by atomic mass is 32.2. The molecule has 1 N–H and O–H groups in total. The summed E-state index contributed by atoms with van der Waals surface area (Å²) in [5.41, 5.74) is 1.98. The van der Waals surface area contributed by atoms with Crippen molar-refractivity contribution in [2.24, 2.45) is 0 Å². The third-order valence-electron chi connectivity index (χ3n) is 4.72. The summed E-state index contributed by atoms with van der Waals surface area (Å²) in [6.07, 6.45) is 0. The first-order valence-electron chi connectivity index (χ1n) is 9.50. The van der Waals surface area contributed by atoms with E-state index in [0.717, 1.165) is 5.56 Å². The highest BCUT2D eigenvalue weighted by Gasteiger charge is 2.18. The minimum absolute atomic E-state index is 0.145. The summed E-state index contributed by atoms with van der Waals surface area (Å²) in [7, 11) is 0. The van der Waals surface area contributed by atoms with E-state index in [9.17, 15) is 9.18 Å². The predicted octanol–water partition coefficient (Wildman–Crippen LogP) is 4.72. The van der Waals surface area contributed by atoms with E-state index in [1.807, 2.05) is 46.3 Å². The number of aromatic amines is 1. The molecule has 0 aliphatic rings. The monoisotopic (exact) mass is 449 g/mol. The molecule has 0 unspecified atom stereocenters. The summed E-state index contributed by atoms with van der Waals surface area (Å²) >= 11 is 2.77. The maximum absolute atomic E-state index is 14.5. The minimum atomic E-state index is -0.352. The lowest BCUT2D eigenvalue weighted by molar-refractivity contribution is 0.626. The van der Waals surface area contributed by atoms with Crippen molar-refractivity contribution in [3.63, 3.8) is 0 Å². The summed E-state index contributed by atoms with van der Waals surface area (Å²) in [6, 6.07) is 18.2. The van der Waals surface area contributed by atoms with Crippen LogP contribution in [0.5, 0.6) is 0 Å². The van der Waals surface area contributed by atoms with Crippen molar-refractivity contribution in [3.8, 4) is 11.4 Å². The van der Waals surface area contributed by atoms with Gasteiger partial charge in [0, 0.05) is 0 Å². The van der Waals surface area contributed by atoms with Crippen LogP contribution in [-0.2, 0) is 12.3 Å². The number of nitrogens with one attached hydrogen (secondary N) is 1. The van der Waals surface area contributed by atoms with Gasteiger partial charge in [0.2, 0.25) is 0 Å². The van der Waals surface area contributed by atoms with Gasteiger partial charge in [0.1, 0.15) is 16.3 Å². The zero-order valence-corrected chi connectivity index (χ0v) is 17.8. The van der Waals surface area contributed by atoms with Gasteiger partial charge in [0.05, 0.1) is 23.4 Å². The Hall–Kier alpha value is -3.30. The normalized spacial score (nSPS) is 11.3. The molecule has 0 atom stereocenters. The van der Waals surface area contributed by atoms with Crippen LogP contribution < -0.4 is 5.56 Å². The molecule has 3 aromatic heterocycles. The third kappa shape index (κ3) is 4.01. The zero-order chi connectivity index (χ0) is 21.2. The molecule has 154 valence electrons. The van der Waals surface area contributed by atoms with Crippen LogP contribution in [0.2, 0.25) is 0 Å². The van der Waals surface area contributed by atoms with Crippen LogP contribution in [0.4, 0.5) is 4.39 Å². The van der Waals surface area contributed by atoms with E-state index in [0.29, 0.717) is 44.9 Å². The average Bonchev–Trinajstić information content (AvgIpc) is 3.41. The molecule has 5 rings (SSSR count). The lowest BCUT2D eigenvalue weighted by atomic mass is 10.2. The molecule has 0 aliphatic carbocycles. The first-order valence-corrected chi connectivity index (χ1v) is 11.4. The van der Waals surface area contributed by atoms with E-state index < -0.39 is 0 Å². The SMILES string of the molecule is O=c1[nH]c(CSc2nnc(-c3ccccc3F)n2Cc2ccccc2)nc2ccsc12. The van der Waals surface area contributed by atoms with Gasteiger partial charge in [-0.2, -0.15) is 0 Å². The van der Waals surface area contributed by atoms with Gasteiger partial charge in [-0.05, 0) is 29.1 Å². The van der Waals surface area contributed by atoms with Crippen molar-refractivity contribution in [2.75, 3.05) is 0 Å². The fourth-order valence-electron chi connectivity index (χ4n) is 3.27. The van der Waals surface area contributed by atoms with Gasteiger partial charge in [0.15, 0.2) is 11.0 Å². The van der Waals surface area contributed by atoms with Crippen molar-refractivity contribution in [3.05, 3.63) is 93.6 Å². The Morgan fingerprint density at radius 1 is 1.03 bits per heavy atom. The lowest BCUT2D eigenvalue weighted by Gasteiger charge is -2.11. The van der Waals surface area contributed by atoms with Crippen LogP contribution in [0.25, 0.3) is 21.6 Å². The molecule has 0 bridgehead atoms. The largest absolute Gasteiger partial charge is 0.309 e. The summed E-state index contributed by atoms with van der Waals surface area (Å²) in [5.74, 6) is 1.07. The number of fused-ring (bicyclic) bond motifs is 1. The lowest BCUT2D eigenvalue weighted by Crippen LogP contribution is -2.10. The van der Waals surface area contributed by atoms with Gasteiger partial charge in [-0.15, -0.1) is 21.5 Å². The number of hydrogen-bond acceptors (Lipinski definition) is 6. The molecule has 6 nitrogen and oxygen atoms in total. The summed E-state index contributed by atoms with van der Waals surface area (Å²) in [5, 5.41) is 11.1. The van der Waals surface area contributed by atoms with E-state index in [-0.39, 0.29) is 11.4 Å². The fraction of sp³-hybridized carbons (Fsp3) is 0.0909. The quantitative estimate of drug-likeness (QED) is 0.380. The molecule has 2 aromatic carbocycles. The number of nitrogens with zero attached hydrogens (tertiary/aromatic N) is 4. The van der Waals surface area contributed by atoms with Crippen molar-refractivity contribution in [1.82, 2.24) is 24.7 Å². The van der Waals surface area contributed by atoms with Crippen LogP contribution in [0.1, 0.15) is 11.4 Å². The number of thiophene rings is 1. The minimum Gasteiger partial charge on any atom is -0.309 e. The van der Waals surface area contributed by atoms with Gasteiger partial charge in [-0.1, -0.05) is 54.2 Å². The number of rotatable bonds is 6. The highest BCUT2D eigenvalue weighted by Crippen LogP contribution is 2.28. The van der Waals surface area contributed by atoms with E-state index in [2.05, 4.69) is 20.2 Å². The molecule has 9 heteroatoms. The van der Waals surface area contributed by atoms with Gasteiger partial charge in [0.25, 0.3) is 5.56 Å². The second-order valence-corrected chi connectivity index (χ2v) is 8.65. The number of thioether (sulfide) groups is 1. The molecule has 0 amide bonds. The Kier molecular flexibility index (Phi) is 5.35. The number of aromatic nitrogens is 5. The second kappa shape index (κ2) is 8.44. The predicted molar refractivity (Wildman–Crippen MR) is 121 cm³/mol. The van der Waals surface area contributed by atoms with Gasteiger partial charge >= 0.3 is 0 Å². The van der Waals surface area contributed by atoms with E-state index in [1.165, 1.54) is 29.2 Å². The Morgan fingerprint density at radius 2 is 1.84 bits per heavy atom. The fourth-order valence-corrected chi connectivity index (χ4v) is 4.80. The molecule has 31 heavy (non-hydrogen) atoms. The summed E-state index contributed by atoms with van der Waals surface area (Å²) in [4.78, 5) is 19.6. The first kappa shape index (κ1) is 19.7. The molecule has 3 heterocycles. The van der Waals surface area contributed by atoms with E-state index in [1.54, 1.807) is 18.2 Å². The van der Waals surface area contributed by atoms with Crippen molar-refractivity contribution >= 4 is 33.3 Å². The maximum atomic E-state index is 14.5. The molecule has 0 spiro atoms. The molecule has 0 radical (unpaired) electrons. The smallest absolute Gasteiger partial charge is 0.268 e. The van der Waals surface area contributed by atoms with Gasteiger partial charge < -0.3 is 4.98 Å².